The minimum atomic E-state index is -0.925. The van der Waals surface area contributed by atoms with Crippen LogP contribution < -0.4 is 10.6 Å². The van der Waals surface area contributed by atoms with E-state index in [0.29, 0.717) is 11.4 Å². The Labute approximate surface area is 132 Å². The first kappa shape index (κ1) is 16.2. The highest BCUT2D eigenvalue weighted by atomic mass is 16.4. The number of anilines is 2. The van der Waals surface area contributed by atoms with Crippen molar-refractivity contribution in [3.63, 3.8) is 0 Å². The first-order valence-corrected chi connectivity index (χ1v) is 6.88. The Bertz CT molecular complexity index is 721. The van der Waals surface area contributed by atoms with Gasteiger partial charge in [0.25, 0.3) is 5.91 Å². The van der Waals surface area contributed by atoms with Crippen molar-refractivity contribution < 1.29 is 19.5 Å². The predicted molar refractivity (Wildman–Crippen MR) is 83.2 cm³/mol. The van der Waals surface area contributed by atoms with Gasteiger partial charge < -0.3 is 15.7 Å². The molecule has 3 N–H and O–H groups in total. The molecule has 0 radical (unpaired) electrons. The lowest BCUT2D eigenvalue weighted by Crippen LogP contribution is -2.14. The average molecular weight is 316 g/mol. The van der Waals surface area contributed by atoms with E-state index in [0.717, 1.165) is 0 Å². The number of carboxylic acids is 1. The van der Waals surface area contributed by atoms with Crippen LogP contribution in [0, 0.1) is 0 Å². The lowest BCUT2D eigenvalue weighted by Gasteiger charge is -2.05. The highest BCUT2D eigenvalue weighted by Crippen LogP contribution is 2.14. The van der Waals surface area contributed by atoms with E-state index in [1.165, 1.54) is 17.7 Å². The maximum atomic E-state index is 12.1. The molecule has 0 aliphatic heterocycles. The fraction of sp³-hybridized carbons (Fsp3) is 0.200. The van der Waals surface area contributed by atoms with Crippen molar-refractivity contribution in [1.29, 1.82) is 0 Å². The first-order chi connectivity index (χ1) is 10.9. The summed E-state index contributed by atoms with van der Waals surface area (Å²) < 4.78 is 1.41. The van der Waals surface area contributed by atoms with Crippen molar-refractivity contribution in [2.75, 3.05) is 10.6 Å². The summed E-state index contributed by atoms with van der Waals surface area (Å²) in [5.74, 6) is -1.49. The highest BCUT2D eigenvalue weighted by molar-refractivity contribution is 6.03. The van der Waals surface area contributed by atoms with Crippen LogP contribution in [-0.4, -0.2) is 32.7 Å². The summed E-state index contributed by atoms with van der Waals surface area (Å²) in [7, 11) is 0. The van der Waals surface area contributed by atoms with E-state index in [1.807, 2.05) is 0 Å². The fourth-order valence-corrected chi connectivity index (χ4v) is 1.85. The number of hydrogen-bond donors (Lipinski definition) is 3. The largest absolute Gasteiger partial charge is 0.481 e. The molecular weight excluding hydrogens is 300 g/mol. The second kappa shape index (κ2) is 7.21. The Morgan fingerprint density at radius 1 is 1.09 bits per heavy atom. The third-order valence-corrected chi connectivity index (χ3v) is 2.89. The maximum Gasteiger partial charge on any atom is 0.305 e. The van der Waals surface area contributed by atoms with Gasteiger partial charge in [-0.15, -0.1) is 0 Å². The van der Waals surface area contributed by atoms with Crippen molar-refractivity contribution in [1.82, 2.24) is 9.78 Å². The smallest absolute Gasteiger partial charge is 0.305 e. The minimum Gasteiger partial charge on any atom is -0.481 e. The van der Waals surface area contributed by atoms with Crippen molar-refractivity contribution in [3.8, 4) is 0 Å². The Balaban J connectivity index is 1.96. The molecule has 0 fully saturated rings. The number of aryl methyl sites for hydroxylation is 1. The van der Waals surface area contributed by atoms with Gasteiger partial charge in [-0.3, -0.25) is 19.1 Å². The van der Waals surface area contributed by atoms with E-state index in [4.69, 9.17) is 5.11 Å². The number of carbonyl (C=O) groups is 3. The fourth-order valence-electron chi connectivity index (χ4n) is 1.85. The van der Waals surface area contributed by atoms with Gasteiger partial charge in [0, 0.05) is 24.5 Å². The van der Waals surface area contributed by atoms with Crippen LogP contribution in [0.3, 0.4) is 0 Å². The summed E-state index contributed by atoms with van der Waals surface area (Å²) in [4.78, 5) is 33.5. The zero-order valence-corrected chi connectivity index (χ0v) is 12.4. The molecule has 0 bridgehead atoms. The molecule has 0 aliphatic rings. The van der Waals surface area contributed by atoms with Crippen LogP contribution in [0.25, 0.3) is 0 Å². The molecule has 0 unspecified atom stereocenters. The molecule has 0 spiro atoms. The zero-order chi connectivity index (χ0) is 16.8. The molecule has 0 saturated carbocycles. The molecule has 0 atom stereocenters. The van der Waals surface area contributed by atoms with Crippen molar-refractivity contribution >= 4 is 29.2 Å². The topological polar surface area (TPSA) is 113 Å². The van der Waals surface area contributed by atoms with Crippen LogP contribution in [0.1, 0.15) is 23.8 Å². The number of nitrogens with zero attached hydrogens (tertiary/aromatic N) is 2. The average Bonchev–Trinajstić information content (AvgIpc) is 2.95. The third-order valence-electron chi connectivity index (χ3n) is 2.89. The Morgan fingerprint density at radius 2 is 1.70 bits per heavy atom. The number of nitrogens with one attached hydrogen (secondary N) is 2. The van der Waals surface area contributed by atoms with E-state index < -0.39 is 11.9 Å². The van der Waals surface area contributed by atoms with Crippen LogP contribution in [0.4, 0.5) is 11.4 Å². The molecule has 2 rings (SSSR count). The molecule has 23 heavy (non-hydrogen) atoms. The second-order valence-corrected chi connectivity index (χ2v) is 4.82. The van der Waals surface area contributed by atoms with Crippen LogP contribution >= 0.6 is 0 Å². The molecule has 8 heteroatoms. The highest BCUT2D eigenvalue weighted by Gasteiger charge is 2.10. The van der Waals surface area contributed by atoms with Crippen molar-refractivity contribution in [3.05, 3.63) is 42.2 Å². The van der Waals surface area contributed by atoms with Crippen molar-refractivity contribution in [2.24, 2.45) is 0 Å². The van der Waals surface area contributed by atoms with Crippen LogP contribution in [0.5, 0.6) is 0 Å². The van der Waals surface area contributed by atoms with Gasteiger partial charge in [-0.25, -0.2) is 0 Å². The number of amides is 2. The quantitative estimate of drug-likeness (QED) is 0.748. The van der Waals surface area contributed by atoms with Gasteiger partial charge in [-0.05, 0) is 30.3 Å². The summed E-state index contributed by atoms with van der Waals surface area (Å²) in [6, 6.07) is 8.17. The Hall–Kier alpha value is -3.16. The van der Waals surface area contributed by atoms with Gasteiger partial charge >= 0.3 is 5.97 Å². The van der Waals surface area contributed by atoms with E-state index in [9.17, 15) is 14.4 Å². The molecule has 2 aromatic rings. The number of aliphatic carboxylic acids is 1. The van der Waals surface area contributed by atoms with Gasteiger partial charge in [-0.1, -0.05) is 0 Å². The second-order valence-electron chi connectivity index (χ2n) is 4.82. The molecule has 8 nitrogen and oxygen atoms in total. The standard InChI is InChI=1S/C15H16N4O4/c1-10(20)16-11-2-4-12(5-3-11)17-15(23)13-6-8-19(18-13)9-7-14(21)22/h2-6,8H,7,9H2,1H3,(H,16,20)(H,17,23)(H,21,22). The SMILES string of the molecule is CC(=O)Nc1ccc(NC(=O)c2ccn(CCC(=O)O)n2)cc1. The van der Waals surface area contributed by atoms with Gasteiger partial charge in [0.1, 0.15) is 0 Å². The number of carbonyl (C=O) groups excluding carboxylic acids is 2. The summed E-state index contributed by atoms with van der Waals surface area (Å²) in [6.07, 6.45) is 1.49. The maximum absolute atomic E-state index is 12.1. The first-order valence-electron chi connectivity index (χ1n) is 6.88. The predicted octanol–water partition coefficient (Wildman–Crippen LogP) is 1.57. The Morgan fingerprint density at radius 3 is 2.26 bits per heavy atom. The molecule has 0 saturated heterocycles. The van der Waals surface area contributed by atoms with Crippen LogP contribution in [0.2, 0.25) is 0 Å². The number of benzene rings is 1. The minimum absolute atomic E-state index is 0.0622. The van der Waals surface area contributed by atoms with E-state index in [-0.39, 0.29) is 24.6 Å². The molecule has 1 aromatic carbocycles. The lowest BCUT2D eigenvalue weighted by atomic mass is 10.2. The van der Waals surface area contributed by atoms with Gasteiger partial charge in [0.15, 0.2) is 5.69 Å². The van der Waals surface area contributed by atoms with Gasteiger partial charge in [0.05, 0.1) is 13.0 Å². The number of carboxylic acid groups (broad SMARTS) is 1. The summed E-state index contributed by atoms with van der Waals surface area (Å²) in [5, 5.41) is 17.9. The van der Waals surface area contributed by atoms with E-state index in [2.05, 4.69) is 15.7 Å². The van der Waals surface area contributed by atoms with E-state index in [1.54, 1.807) is 30.5 Å². The summed E-state index contributed by atoms with van der Waals surface area (Å²) in [5.41, 5.74) is 1.39. The molecule has 1 aromatic heterocycles. The Kier molecular flexibility index (Phi) is 5.08. The lowest BCUT2D eigenvalue weighted by molar-refractivity contribution is -0.137. The van der Waals surface area contributed by atoms with Gasteiger partial charge in [-0.2, -0.15) is 5.10 Å². The zero-order valence-electron chi connectivity index (χ0n) is 12.4. The third kappa shape index (κ3) is 4.95. The number of hydrogen-bond acceptors (Lipinski definition) is 4. The molecule has 1 heterocycles. The van der Waals surface area contributed by atoms with Crippen LogP contribution in [-0.2, 0) is 16.1 Å². The monoisotopic (exact) mass is 316 g/mol. The molecular formula is C15H16N4O4. The number of rotatable bonds is 6. The van der Waals surface area contributed by atoms with E-state index >= 15 is 0 Å². The molecule has 0 aliphatic carbocycles. The molecule has 120 valence electrons. The summed E-state index contributed by atoms with van der Waals surface area (Å²) in [6.45, 7) is 1.62. The molecule has 2 amide bonds. The normalized spacial score (nSPS) is 10.1. The number of aromatic nitrogens is 2. The summed E-state index contributed by atoms with van der Waals surface area (Å²) >= 11 is 0. The van der Waals surface area contributed by atoms with Crippen molar-refractivity contribution in [2.45, 2.75) is 19.9 Å². The van der Waals surface area contributed by atoms with Gasteiger partial charge in [0.2, 0.25) is 5.91 Å². The van der Waals surface area contributed by atoms with Crippen LogP contribution in [0.15, 0.2) is 36.5 Å².